The highest BCUT2D eigenvalue weighted by Gasteiger charge is 2.13. The minimum absolute atomic E-state index is 0.0454. The molecule has 0 amide bonds. The van der Waals surface area contributed by atoms with E-state index in [-0.39, 0.29) is 11.4 Å². The van der Waals surface area contributed by atoms with Crippen molar-refractivity contribution in [3.8, 4) is 17.2 Å². The molecule has 0 fully saturated rings. The zero-order valence-electron chi connectivity index (χ0n) is 13.3. The smallest absolute Gasteiger partial charge is 0.271 e. The Morgan fingerprint density at radius 3 is 2.48 bits per heavy atom. The van der Waals surface area contributed by atoms with Crippen LogP contribution < -0.4 is 19.9 Å². The summed E-state index contributed by atoms with van der Waals surface area (Å²) in [5.41, 5.74) is 0.414. The molecule has 0 atom stereocenters. The van der Waals surface area contributed by atoms with Crippen molar-refractivity contribution in [1.82, 2.24) is 9.97 Å². The maximum atomic E-state index is 12.0. The van der Waals surface area contributed by atoms with Crippen LogP contribution in [0.15, 0.2) is 36.7 Å². The molecule has 9 heteroatoms. The molecule has 0 saturated heterocycles. The Bertz CT molecular complexity index is 961. The van der Waals surface area contributed by atoms with Crippen LogP contribution >= 0.6 is 0 Å². The number of rotatable bonds is 5. The highest BCUT2D eigenvalue weighted by molar-refractivity contribution is 5.93. The van der Waals surface area contributed by atoms with Crippen LogP contribution in [0, 0.1) is 10.1 Å². The lowest BCUT2D eigenvalue weighted by atomic mass is 10.2. The van der Waals surface area contributed by atoms with Gasteiger partial charge in [0, 0.05) is 29.3 Å². The molecule has 3 rings (SSSR count). The number of aromatic nitrogens is 2. The topological polar surface area (TPSA) is 122 Å². The fraction of sp³-hybridized carbons (Fsp3) is 0.125. The Morgan fingerprint density at radius 2 is 1.80 bits per heavy atom. The van der Waals surface area contributed by atoms with Gasteiger partial charge in [0.2, 0.25) is 0 Å². The van der Waals surface area contributed by atoms with Crippen LogP contribution in [-0.4, -0.2) is 29.1 Å². The molecule has 0 radical (unpaired) electrons. The van der Waals surface area contributed by atoms with Crippen LogP contribution in [0.3, 0.4) is 0 Å². The number of nitro benzene ring substituents is 1. The summed E-state index contributed by atoms with van der Waals surface area (Å²) < 4.78 is 10.5. The van der Waals surface area contributed by atoms with Crippen molar-refractivity contribution in [2.24, 2.45) is 0 Å². The monoisotopic (exact) mass is 341 g/mol. The number of benzene rings is 2. The zero-order valence-corrected chi connectivity index (χ0v) is 13.3. The first kappa shape index (κ1) is 16.2. The highest BCUT2D eigenvalue weighted by atomic mass is 16.6. The lowest BCUT2D eigenvalue weighted by Crippen LogP contribution is -2.02. The van der Waals surface area contributed by atoms with Crippen LogP contribution in [0.5, 0.6) is 17.2 Å². The van der Waals surface area contributed by atoms with Gasteiger partial charge in [0.05, 0.1) is 24.7 Å². The number of anilines is 2. The lowest BCUT2D eigenvalue weighted by Gasteiger charge is -2.16. The van der Waals surface area contributed by atoms with Crippen LogP contribution in [0.1, 0.15) is 0 Å². The van der Waals surface area contributed by atoms with E-state index < -0.39 is 10.7 Å². The van der Waals surface area contributed by atoms with Gasteiger partial charge in [-0.3, -0.25) is 10.1 Å². The molecule has 1 aromatic heterocycles. The van der Waals surface area contributed by atoms with Crippen LogP contribution in [0.2, 0.25) is 0 Å². The third-order valence-electron chi connectivity index (χ3n) is 3.57. The highest BCUT2D eigenvalue weighted by Crippen LogP contribution is 2.35. The Kier molecular flexibility index (Phi) is 4.21. The van der Waals surface area contributed by atoms with Crippen molar-refractivity contribution in [3.05, 3.63) is 46.8 Å². The van der Waals surface area contributed by atoms with Crippen LogP contribution in [-0.2, 0) is 0 Å². The summed E-state index contributed by atoms with van der Waals surface area (Å²) in [7, 11) is 3.01. The van der Waals surface area contributed by atoms with Gasteiger partial charge in [0.25, 0.3) is 5.69 Å². The second kappa shape index (κ2) is 6.48. The first-order valence-corrected chi connectivity index (χ1v) is 7.12. The van der Waals surface area contributed by atoms with Crippen molar-refractivity contribution in [2.75, 3.05) is 19.5 Å². The Labute approximate surface area is 142 Å². The summed E-state index contributed by atoms with van der Waals surface area (Å²) in [5, 5.41) is 26.3. The number of nitro groups is 1. The summed E-state index contributed by atoms with van der Waals surface area (Å²) in [4.78, 5) is 18.6. The maximum absolute atomic E-state index is 12.0. The number of hydrogen-bond acceptors (Lipinski definition) is 8. The Balaban J connectivity index is 2.10. The molecule has 0 aliphatic heterocycles. The van der Waals surface area contributed by atoms with E-state index in [4.69, 9.17) is 9.47 Å². The van der Waals surface area contributed by atoms with E-state index in [9.17, 15) is 15.2 Å². The summed E-state index contributed by atoms with van der Waals surface area (Å²) in [6, 6.07) is 6.79. The molecule has 25 heavy (non-hydrogen) atoms. The van der Waals surface area contributed by atoms with Crippen molar-refractivity contribution in [2.45, 2.75) is 0 Å². The van der Waals surface area contributed by atoms with Gasteiger partial charge < -0.3 is 19.9 Å². The molecule has 0 unspecified atom stereocenters. The van der Waals surface area contributed by atoms with E-state index in [1.54, 1.807) is 12.1 Å². The fourth-order valence-corrected chi connectivity index (χ4v) is 2.34. The number of fused-ring (bicyclic) bond motifs is 1. The molecule has 0 spiro atoms. The molecule has 2 aromatic carbocycles. The van der Waals surface area contributed by atoms with Gasteiger partial charge in [-0.2, -0.15) is 0 Å². The predicted octanol–water partition coefficient (Wildman–Crippen LogP) is 2.37. The molecule has 0 aliphatic rings. The van der Waals surface area contributed by atoms with Crippen molar-refractivity contribution in [3.63, 3.8) is 0 Å². The maximum Gasteiger partial charge on any atom is 0.271 e. The van der Waals surface area contributed by atoms with Gasteiger partial charge >= 0.3 is 0 Å². The molecule has 3 aromatic rings. The van der Waals surface area contributed by atoms with E-state index in [1.165, 1.54) is 20.5 Å². The normalized spacial score (nSPS) is 10.5. The van der Waals surface area contributed by atoms with Gasteiger partial charge in [0.1, 0.15) is 12.1 Å². The van der Waals surface area contributed by atoms with E-state index in [2.05, 4.69) is 15.3 Å². The third kappa shape index (κ3) is 3.07. The zero-order chi connectivity index (χ0) is 18.0. The first-order valence-electron chi connectivity index (χ1n) is 7.12. The number of nitrogens with one attached hydrogen (secondary N) is 1. The van der Waals surface area contributed by atoms with Gasteiger partial charge in [-0.1, -0.05) is 11.8 Å². The predicted molar refractivity (Wildman–Crippen MR) is 88.5 cm³/mol. The Hall–Kier alpha value is -3.62. The van der Waals surface area contributed by atoms with E-state index in [0.717, 1.165) is 18.2 Å². The Morgan fingerprint density at radius 1 is 1.08 bits per heavy atom. The van der Waals surface area contributed by atoms with Crippen molar-refractivity contribution in [1.29, 1.82) is 0 Å². The second-order valence-electron chi connectivity index (χ2n) is 5.01. The van der Waals surface area contributed by atoms with Crippen molar-refractivity contribution >= 4 is 28.1 Å². The molecular formula is C16H13N4O5-. The molecular weight excluding hydrogens is 328 g/mol. The number of nitrogens with zero attached hydrogens (tertiary/aromatic N) is 3. The van der Waals surface area contributed by atoms with Crippen LogP contribution in [0.4, 0.5) is 17.2 Å². The molecule has 1 N–H and O–H groups in total. The minimum atomic E-state index is -0.573. The number of methoxy groups -OCH3 is 2. The number of ether oxygens (including phenoxy) is 2. The largest absolute Gasteiger partial charge is 0.871 e. The third-order valence-corrected chi connectivity index (χ3v) is 3.57. The van der Waals surface area contributed by atoms with E-state index in [1.807, 2.05) is 0 Å². The SMILES string of the molecule is COc1cc2ncnc(Nc3cc([N+](=O)[O-])ccc3[O-])c2cc1OC. The summed E-state index contributed by atoms with van der Waals surface area (Å²) >= 11 is 0. The average molecular weight is 341 g/mol. The molecule has 0 saturated carbocycles. The minimum Gasteiger partial charge on any atom is -0.871 e. The van der Waals surface area contributed by atoms with E-state index in [0.29, 0.717) is 28.2 Å². The van der Waals surface area contributed by atoms with Gasteiger partial charge in [-0.15, -0.1) is 0 Å². The van der Waals surface area contributed by atoms with Gasteiger partial charge in [-0.25, -0.2) is 9.97 Å². The van der Waals surface area contributed by atoms with Crippen LogP contribution in [0.25, 0.3) is 10.9 Å². The standard InChI is InChI=1S/C16H14N4O5/c1-24-14-6-10-11(7-15(14)25-2)17-8-18-16(10)19-12-5-9(20(22)23)3-4-13(12)21/h3-8,21H,1-2H3,(H,17,18,19)/p-1. The molecule has 1 heterocycles. The first-order chi connectivity index (χ1) is 12.0. The van der Waals surface area contributed by atoms with Gasteiger partial charge in [-0.05, 0) is 6.07 Å². The molecule has 9 nitrogen and oxygen atoms in total. The second-order valence-corrected chi connectivity index (χ2v) is 5.01. The molecule has 128 valence electrons. The fourth-order valence-electron chi connectivity index (χ4n) is 2.34. The number of non-ortho nitro benzene ring substituents is 1. The average Bonchev–Trinajstić information content (AvgIpc) is 2.62. The van der Waals surface area contributed by atoms with E-state index >= 15 is 0 Å². The van der Waals surface area contributed by atoms with Crippen molar-refractivity contribution < 1.29 is 19.5 Å². The molecule has 0 bridgehead atoms. The van der Waals surface area contributed by atoms with Gasteiger partial charge in [0.15, 0.2) is 11.5 Å². The summed E-state index contributed by atoms with van der Waals surface area (Å²) in [5.74, 6) is 0.898. The summed E-state index contributed by atoms with van der Waals surface area (Å²) in [6.45, 7) is 0. The summed E-state index contributed by atoms with van der Waals surface area (Å²) in [6.07, 6.45) is 1.32. The lowest BCUT2D eigenvalue weighted by molar-refractivity contribution is -0.385. The quantitative estimate of drug-likeness (QED) is 0.554. The number of hydrogen-bond donors (Lipinski definition) is 1. The molecule has 0 aliphatic carbocycles.